The van der Waals surface area contributed by atoms with E-state index in [1.54, 1.807) is 70.2 Å². The van der Waals surface area contributed by atoms with Crippen LogP contribution < -0.4 is 10.6 Å². The molecule has 2 bridgehead atoms. The normalized spacial score (nSPS) is 28.2. The molecule has 16 heteroatoms. The molecular formula is C45H62N4O12. The van der Waals surface area contributed by atoms with Crippen molar-refractivity contribution in [3.63, 3.8) is 0 Å². The Labute approximate surface area is 357 Å². The van der Waals surface area contributed by atoms with Crippen LogP contribution in [0.2, 0.25) is 0 Å². The summed E-state index contributed by atoms with van der Waals surface area (Å²) in [5, 5.41) is 40.6. The van der Waals surface area contributed by atoms with Crippen LogP contribution in [-0.4, -0.2) is 117 Å². The van der Waals surface area contributed by atoms with E-state index in [0.29, 0.717) is 30.7 Å². The van der Waals surface area contributed by atoms with Gasteiger partial charge in [-0.05, 0) is 75.1 Å². The van der Waals surface area contributed by atoms with Crippen LogP contribution >= 0.6 is 0 Å². The number of nitrogens with zero attached hydrogens (tertiary/aromatic N) is 2. The third kappa shape index (κ3) is 14.8. The second kappa shape index (κ2) is 23.7. The minimum Gasteiger partial charge on any atom is -0.508 e. The largest absolute Gasteiger partial charge is 0.508 e. The Morgan fingerprint density at radius 1 is 1.00 bits per heavy atom. The first-order chi connectivity index (χ1) is 29.0. The molecular weight excluding hydrogens is 789 g/mol. The molecule has 334 valence electrons. The van der Waals surface area contributed by atoms with Crippen molar-refractivity contribution in [3.8, 4) is 5.75 Å². The molecule has 0 aromatic heterocycles. The molecule has 16 nitrogen and oxygen atoms in total. The monoisotopic (exact) mass is 850 g/mol. The van der Waals surface area contributed by atoms with Crippen LogP contribution in [0.3, 0.4) is 0 Å². The molecule has 1 aromatic carbocycles. The zero-order chi connectivity index (χ0) is 44.6. The van der Waals surface area contributed by atoms with Crippen LogP contribution in [0.25, 0.3) is 0 Å². The predicted octanol–water partition coefficient (Wildman–Crippen LogP) is 3.31. The number of rotatable bonds is 9. The molecule has 4 amide bonds. The minimum absolute atomic E-state index is 0.0367. The van der Waals surface area contributed by atoms with E-state index in [2.05, 4.69) is 10.6 Å². The Balaban J connectivity index is 1.70. The fourth-order valence-corrected chi connectivity index (χ4v) is 7.16. The second-order valence-corrected chi connectivity index (χ2v) is 16.3. The van der Waals surface area contributed by atoms with Gasteiger partial charge in [0, 0.05) is 44.3 Å². The number of phenols is 1. The number of aromatic hydroxyl groups is 1. The lowest BCUT2D eigenvalue weighted by atomic mass is 9.84. The summed E-state index contributed by atoms with van der Waals surface area (Å²) in [6.45, 7) is 9.09. The summed E-state index contributed by atoms with van der Waals surface area (Å²) < 4.78 is 5.98. The van der Waals surface area contributed by atoms with Gasteiger partial charge in [-0.1, -0.05) is 69.4 Å². The smallest absolute Gasteiger partial charge is 0.338 e. The van der Waals surface area contributed by atoms with Crippen molar-refractivity contribution in [2.24, 2.45) is 17.8 Å². The molecule has 1 unspecified atom stereocenters. The van der Waals surface area contributed by atoms with Crippen LogP contribution in [0.15, 0.2) is 72.4 Å². The summed E-state index contributed by atoms with van der Waals surface area (Å²) in [4.78, 5) is 92.1. The maximum absolute atomic E-state index is 14.3. The van der Waals surface area contributed by atoms with Crippen molar-refractivity contribution in [2.75, 3.05) is 19.7 Å². The fourth-order valence-electron chi connectivity index (χ4n) is 7.16. The number of amides is 4. The van der Waals surface area contributed by atoms with Gasteiger partial charge in [-0.3, -0.25) is 28.9 Å². The van der Waals surface area contributed by atoms with Gasteiger partial charge in [-0.25, -0.2) is 14.9 Å². The summed E-state index contributed by atoms with van der Waals surface area (Å²) >= 11 is 0. The third-order valence-electron chi connectivity index (χ3n) is 11.0. The molecule has 8 atom stereocenters. The number of aliphatic hydroxyl groups is 2. The Morgan fingerprint density at radius 3 is 2.46 bits per heavy atom. The second-order valence-electron chi connectivity index (χ2n) is 16.3. The average molecular weight is 851 g/mol. The molecule has 2 fully saturated rings. The van der Waals surface area contributed by atoms with Gasteiger partial charge in [0.05, 0.1) is 24.7 Å². The van der Waals surface area contributed by atoms with Gasteiger partial charge in [0.15, 0.2) is 6.10 Å². The van der Waals surface area contributed by atoms with Crippen molar-refractivity contribution in [1.82, 2.24) is 20.8 Å². The Bertz CT molecular complexity index is 1820. The summed E-state index contributed by atoms with van der Waals surface area (Å²) in [6.07, 6.45) is 8.50. The zero-order valence-corrected chi connectivity index (χ0v) is 35.7. The highest BCUT2D eigenvalue weighted by molar-refractivity contribution is 5.93. The first-order valence-electron chi connectivity index (χ1n) is 21.1. The van der Waals surface area contributed by atoms with Gasteiger partial charge < -0.3 is 35.5 Å². The molecule has 3 aliphatic rings. The van der Waals surface area contributed by atoms with Crippen LogP contribution in [-0.2, 0) is 49.6 Å². The molecule has 5 N–H and O–H groups in total. The summed E-state index contributed by atoms with van der Waals surface area (Å²) in [6, 6.07) is 3.68. The van der Waals surface area contributed by atoms with Gasteiger partial charge in [-0.2, -0.15) is 0 Å². The molecule has 3 heterocycles. The molecule has 61 heavy (non-hydrogen) atoms. The first-order valence-corrected chi connectivity index (χ1v) is 21.1. The number of esters is 1. The Hall–Kier alpha value is -5.16. The summed E-state index contributed by atoms with van der Waals surface area (Å²) in [5.74, 6) is -6.03. The minimum atomic E-state index is -1.43. The van der Waals surface area contributed by atoms with Crippen LogP contribution in [0.4, 0.5) is 0 Å². The highest BCUT2D eigenvalue weighted by atomic mass is 16.7. The molecule has 2 saturated heterocycles. The maximum atomic E-state index is 14.3. The van der Waals surface area contributed by atoms with Gasteiger partial charge >= 0.3 is 5.97 Å². The fraction of sp³-hybridized carbons (Fsp3) is 0.556. The first kappa shape index (κ1) is 48.5. The lowest BCUT2D eigenvalue weighted by Gasteiger charge is -2.35. The van der Waals surface area contributed by atoms with Crippen LogP contribution in [0, 0.1) is 17.8 Å². The number of cyclic esters (lactones) is 1. The van der Waals surface area contributed by atoms with E-state index >= 15 is 0 Å². The number of benzene rings is 1. The number of carbonyl (C=O) groups is 6. The van der Waals surface area contributed by atoms with Gasteiger partial charge in [0.25, 0.3) is 11.8 Å². The Kier molecular flexibility index (Phi) is 18.9. The van der Waals surface area contributed by atoms with E-state index in [4.69, 9.17) is 14.4 Å². The SMILES string of the molecule is CC(=O)CC[C@H]1C(=O)N[C@@H](C(C)C)C(=O)N[C@@H](Cc2cccc(O)c2)C(=O)N2CCCC(O2)C(=O)O[C@H](C(C)=CC=CC(=O)N2CCCCO2)CC=CC=C[C@H](O)[C@H](C)[C@H]1O. The number of phenolic OH excluding ortho intramolecular Hbond substituents is 1. The van der Waals surface area contributed by atoms with E-state index in [0.717, 1.165) is 17.9 Å². The van der Waals surface area contributed by atoms with Crippen LogP contribution in [0.1, 0.15) is 85.1 Å². The number of fused-ring (bicyclic) bond motifs is 2. The van der Waals surface area contributed by atoms with Gasteiger partial charge in [0.1, 0.15) is 29.7 Å². The number of ketones is 1. The number of hydroxylamine groups is 4. The van der Waals surface area contributed by atoms with E-state index in [1.165, 1.54) is 36.3 Å². The van der Waals surface area contributed by atoms with Crippen molar-refractivity contribution >= 4 is 35.4 Å². The number of aliphatic hydroxyl groups excluding tert-OH is 2. The molecule has 3 aliphatic heterocycles. The lowest BCUT2D eigenvalue weighted by molar-refractivity contribution is -0.231. The zero-order valence-electron chi connectivity index (χ0n) is 35.7. The molecule has 0 radical (unpaired) electrons. The summed E-state index contributed by atoms with van der Waals surface area (Å²) in [5.41, 5.74) is 1.09. The standard InChI is InChI=1S/C45H62N4O12/c1-28(2)40-43(56)46-35(27-32-15-12-16-33(51)26-32)44(57)49-24-13-19-38(61-49)45(58)60-37(29(3)14-11-20-39(53)48-23-9-10-25-59-48)18-8-6-7-17-36(52)31(5)41(54)34(42(55)47-40)22-21-30(4)50/h6-8,11-12,14-17,20,26,28,31,34-38,40-41,51-52,54H,9-10,13,18-19,21-25,27H2,1-5H3,(H,46,56)(H,47,55)/t31-,34+,35-,36-,37-,38?,40-,41+/m0/s1. The summed E-state index contributed by atoms with van der Waals surface area (Å²) in [7, 11) is 0. The lowest BCUT2D eigenvalue weighted by Crippen LogP contribution is -2.58. The average Bonchev–Trinajstić information content (AvgIpc) is 3.23. The van der Waals surface area contributed by atoms with E-state index in [1.807, 2.05) is 0 Å². The van der Waals surface area contributed by atoms with Crippen molar-refractivity contribution in [3.05, 3.63) is 77.9 Å². The maximum Gasteiger partial charge on any atom is 0.338 e. The topological polar surface area (TPSA) is 221 Å². The molecule has 0 spiro atoms. The van der Waals surface area contributed by atoms with Crippen molar-refractivity contribution < 1.29 is 58.5 Å². The van der Waals surface area contributed by atoms with E-state index < -0.39 is 77.9 Å². The quantitative estimate of drug-likeness (QED) is 0.137. The van der Waals surface area contributed by atoms with Crippen LogP contribution in [0.5, 0.6) is 5.75 Å². The molecule has 4 rings (SSSR count). The molecule has 0 aliphatic carbocycles. The molecule has 1 aromatic rings. The number of ether oxygens (including phenoxy) is 1. The number of hydrogen-bond donors (Lipinski definition) is 5. The van der Waals surface area contributed by atoms with E-state index in [9.17, 15) is 44.1 Å². The number of hydrogen-bond acceptors (Lipinski definition) is 12. The third-order valence-corrected chi connectivity index (χ3v) is 11.0. The number of allylic oxidation sites excluding steroid dienone is 4. The number of carbonyl (C=O) groups excluding carboxylic acids is 6. The van der Waals surface area contributed by atoms with Crippen molar-refractivity contribution in [1.29, 1.82) is 0 Å². The number of nitrogens with one attached hydrogen (secondary N) is 2. The number of Topliss-reactive ketones (excluding diaryl/α,β-unsaturated/α-hetero) is 1. The van der Waals surface area contributed by atoms with E-state index in [-0.39, 0.29) is 56.1 Å². The highest BCUT2D eigenvalue weighted by Crippen LogP contribution is 2.25. The Morgan fingerprint density at radius 2 is 1.77 bits per heavy atom. The molecule has 0 saturated carbocycles. The van der Waals surface area contributed by atoms with Gasteiger partial charge in [-0.15, -0.1) is 0 Å². The van der Waals surface area contributed by atoms with Crippen molar-refractivity contribution in [2.45, 2.75) is 122 Å². The predicted molar refractivity (Wildman–Crippen MR) is 223 cm³/mol. The van der Waals surface area contributed by atoms with Gasteiger partial charge in [0.2, 0.25) is 11.8 Å². The highest BCUT2D eigenvalue weighted by Gasteiger charge is 2.39.